The van der Waals surface area contributed by atoms with Crippen LogP contribution in [0.25, 0.3) is 0 Å². The highest BCUT2D eigenvalue weighted by atomic mass is 16.4. The lowest BCUT2D eigenvalue weighted by Crippen LogP contribution is -2.14. The van der Waals surface area contributed by atoms with Crippen molar-refractivity contribution < 1.29 is 14.7 Å². The third kappa shape index (κ3) is 3.35. The largest absolute Gasteiger partial charge is 0.481 e. The molecule has 0 aliphatic carbocycles. The van der Waals surface area contributed by atoms with E-state index in [0.717, 1.165) is 0 Å². The number of anilines is 1. The zero-order chi connectivity index (χ0) is 13.7. The standard InChI is InChI=1S/C13H11N3O3/c17-12(18)7-9-3-1-2-4-11(9)16-13(19)10-5-6-14-15-8-10/h1-6,8H,7H2,(H,16,19)(H,17,18). The van der Waals surface area contributed by atoms with E-state index < -0.39 is 5.97 Å². The molecule has 0 radical (unpaired) electrons. The number of nitrogens with one attached hydrogen (secondary N) is 1. The first kappa shape index (κ1) is 12.7. The summed E-state index contributed by atoms with van der Waals surface area (Å²) in [6, 6.07) is 8.30. The van der Waals surface area contributed by atoms with Gasteiger partial charge in [-0.1, -0.05) is 18.2 Å². The molecule has 96 valence electrons. The fraction of sp³-hybridized carbons (Fsp3) is 0.0769. The fourth-order valence-electron chi connectivity index (χ4n) is 1.58. The number of aromatic nitrogens is 2. The molecule has 0 fully saturated rings. The van der Waals surface area contributed by atoms with Crippen molar-refractivity contribution in [3.63, 3.8) is 0 Å². The predicted molar refractivity (Wildman–Crippen MR) is 67.8 cm³/mol. The van der Waals surface area contributed by atoms with Gasteiger partial charge in [-0.25, -0.2) is 0 Å². The lowest BCUT2D eigenvalue weighted by molar-refractivity contribution is -0.136. The van der Waals surface area contributed by atoms with Crippen molar-refractivity contribution in [2.75, 3.05) is 5.32 Å². The molecule has 0 aliphatic rings. The van der Waals surface area contributed by atoms with E-state index in [4.69, 9.17) is 5.11 Å². The van der Waals surface area contributed by atoms with E-state index in [-0.39, 0.29) is 12.3 Å². The normalized spacial score (nSPS) is 9.89. The van der Waals surface area contributed by atoms with Crippen LogP contribution in [-0.2, 0) is 11.2 Å². The maximum Gasteiger partial charge on any atom is 0.307 e. The van der Waals surface area contributed by atoms with Crippen LogP contribution in [0.3, 0.4) is 0 Å². The SMILES string of the molecule is O=C(O)Cc1ccccc1NC(=O)c1ccnnc1. The molecule has 2 N–H and O–H groups in total. The Balaban J connectivity index is 2.19. The van der Waals surface area contributed by atoms with Crippen molar-refractivity contribution in [2.24, 2.45) is 0 Å². The highest BCUT2D eigenvalue weighted by Gasteiger charge is 2.10. The monoisotopic (exact) mass is 257 g/mol. The molecule has 0 unspecified atom stereocenters. The molecule has 0 spiro atoms. The van der Waals surface area contributed by atoms with E-state index in [0.29, 0.717) is 16.8 Å². The van der Waals surface area contributed by atoms with Crippen LogP contribution in [0.2, 0.25) is 0 Å². The molecule has 6 heteroatoms. The Morgan fingerprint density at radius 3 is 2.63 bits per heavy atom. The third-order valence-corrected chi connectivity index (χ3v) is 2.45. The van der Waals surface area contributed by atoms with Gasteiger partial charge < -0.3 is 10.4 Å². The number of amides is 1. The van der Waals surface area contributed by atoms with E-state index in [1.165, 1.54) is 18.5 Å². The fourth-order valence-corrected chi connectivity index (χ4v) is 1.58. The van der Waals surface area contributed by atoms with Gasteiger partial charge in [0.05, 0.1) is 24.4 Å². The average Bonchev–Trinajstić information content (AvgIpc) is 2.41. The van der Waals surface area contributed by atoms with Crippen molar-refractivity contribution in [1.82, 2.24) is 10.2 Å². The Hall–Kier alpha value is -2.76. The van der Waals surface area contributed by atoms with Gasteiger partial charge in [0.25, 0.3) is 5.91 Å². The van der Waals surface area contributed by atoms with Crippen LogP contribution < -0.4 is 5.32 Å². The molecular formula is C13H11N3O3. The second kappa shape index (κ2) is 5.72. The van der Waals surface area contributed by atoms with Gasteiger partial charge in [0.1, 0.15) is 0 Å². The minimum absolute atomic E-state index is 0.148. The summed E-state index contributed by atoms with van der Waals surface area (Å²) in [4.78, 5) is 22.7. The topological polar surface area (TPSA) is 92.2 Å². The molecule has 6 nitrogen and oxygen atoms in total. The van der Waals surface area contributed by atoms with Crippen LogP contribution in [0.1, 0.15) is 15.9 Å². The maximum atomic E-state index is 11.9. The molecule has 0 atom stereocenters. The number of nitrogens with zero attached hydrogens (tertiary/aromatic N) is 2. The van der Waals surface area contributed by atoms with Gasteiger partial charge in [-0.3, -0.25) is 9.59 Å². The van der Waals surface area contributed by atoms with Crippen molar-refractivity contribution in [1.29, 1.82) is 0 Å². The molecule has 2 aromatic rings. The Bertz CT molecular complexity index is 599. The molecule has 0 bridgehead atoms. The minimum atomic E-state index is -0.952. The van der Waals surface area contributed by atoms with Gasteiger partial charge in [-0.2, -0.15) is 10.2 Å². The van der Waals surface area contributed by atoms with Crippen LogP contribution in [0, 0.1) is 0 Å². The number of aliphatic carboxylic acids is 1. The van der Waals surface area contributed by atoms with Crippen molar-refractivity contribution in [3.8, 4) is 0 Å². The van der Waals surface area contributed by atoms with Crippen molar-refractivity contribution in [3.05, 3.63) is 53.9 Å². The summed E-state index contributed by atoms with van der Waals surface area (Å²) >= 11 is 0. The first-order valence-electron chi connectivity index (χ1n) is 5.54. The summed E-state index contributed by atoms with van der Waals surface area (Å²) < 4.78 is 0. The number of carboxylic acids is 1. The zero-order valence-electron chi connectivity index (χ0n) is 9.91. The number of hydrogen-bond acceptors (Lipinski definition) is 4. The van der Waals surface area contributed by atoms with Crippen LogP contribution in [0.4, 0.5) is 5.69 Å². The average molecular weight is 257 g/mol. The lowest BCUT2D eigenvalue weighted by atomic mass is 10.1. The van der Waals surface area contributed by atoms with E-state index >= 15 is 0 Å². The Morgan fingerprint density at radius 2 is 1.95 bits per heavy atom. The first-order valence-corrected chi connectivity index (χ1v) is 5.54. The van der Waals surface area contributed by atoms with E-state index in [9.17, 15) is 9.59 Å². The second-order valence-corrected chi connectivity index (χ2v) is 3.81. The second-order valence-electron chi connectivity index (χ2n) is 3.81. The Labute approximate surface area is 109 Å². The molecular weight excluding hydrogens is 246 g/mol. The maximum absolute atomic E-state index is 11.9. The van der Waals surface area contributed by atoms with Crippen LogP contribution >= 0.6 is 0 Å². The molecule has 0 saturated heterocycles. The van der Waals surface area contributed by atoms with Gasteiger partial charge in [-0.15, -0.1) is 0 Å². The van der Waals surface area contributed by atoms with Gasteiger partial charge >= 0.3 is 5.97 Å². The summed E-state index contributed by atoms with van der Waals surface area (Å²) in [5.41, 5.74) is 1.39. The first-order chi connectivity index (χ1) is 9.16. The summed E-state index contributed by atoms with van der Waals surface area (Å²) in [6.07, 6.45) is 2.61. The molecule has 0 saturated carbocycles. The number of rotatable bonds is 4. The van der Waals surface area contributed by atoms with Crippen molar-refractivity contribution >= 4 is 17.6 Å². The number of carbonyl (C=O) groups is 2. The van der Waals surface area contributed by atoms with E-state index in [1.54, 1.807) is 24.3 Å². The van der Waals surface area contributed by atoms with Gasteiger partial charge in [0, 0.05) is 5.69 Å². The Morgan fingerprint density at radius 1 is 1.16 bits per heavy atom. The number of benzene rings is 1. The van der Waals surface area contributed by atoms with Crippen LogP contribution in [0.15, 0.2) is 42.7 Å². The quantitative estimate of drug-likeness (QED) is 0.862. The molecule has 0 aliphatic heterocycles. The summed E-state index contributed by atoms with van der Waals surface area (Å²) in [5, 5.41) is 18.7. The van der Waals surface area contributed by atoms with Gasteiger partial charge in [-0.05, 0) is 17.7 Å². The summed E-state index contributed by atoms with van der Waals surface area (Å²) in [7, 11) is 0. The minimum Gasteiger partial charge on any atom is -0.481 e. The van der Waals surface area contributed by atoms with Gasteiger partial charge in [0.15, 0.2) is 0 Å². The molecule has 2 rings (SSSR count). The molecule has 1 amide bonds. The summed E-state index contributed by atoms with van der Waals surface area (Å²) in [6.45, 7) is 0. The molecule has 19 heavy (non-hydrogen) atoms. The Kier molecular flexibility index (Phi) is 3.82. The predicted octanol–water partition coefficient (Wildman–Crippen LogP) is 1.36. The van der Waals surface area contributed by atoms with Crippen molar-refractivity contribution in [2.45, 2.75) is 6.42 Å². The summed E-state index contributed by atoms with van der Waals surface area (Å²) in [5.74, 6) is -1.31. The smallest absolute Gasteiger partial charge is 0.307 e. The third-order valence-electron chi connectivity index (χ3n) is 2.45. The number of hydrogen-bond donors (Lipinski definition) is 2. The highest BCUT2D eigenvalue weighted by Crippen LogP contribution is 2.16. The van der Waals surface area contributed by atoms with Crippen LogP contribution in [0.5, 0.6) is 0 Å². The van der Waals surface area contributed by atoms with E-state index in [1.807, 2.05) is 0 Å². The van der Waals surface area contributed by atoms with Gasteiger partial charge in [0.2, 0.25) is 0 Å². The van der Waals surface area contributed by atoms with E-state index in [2.05, 4.69) is 15.5 Å². The zero-order valence-corrected chi connectivity index (χ0v) is 9.91. The number of carbonyl (C=O) groups excluding carboxylic acids is 1. The molecule has 1 aromatic carbocycles. The number of carboxylic acid groups (broad SMARTS) is 1. The highest BCUT2D eigenvalue weighted by molar-refractivity contribution is 6.04. The molecule has 1 heterocycles. The lowest BCUT2D eigenvalue weighted by Gasteiger charge is -2.09. The van der Waals surface area contributed by atoms with Crippen LogP contribution in [-0.4, -0.2) is 27.2 Å². The molecule has 1 aromatic heterocycles. The number of para-hydroxylation sites is 1.